The second kappa shape index (κ2) is 11.0. The molecule has 2 rings (SSSR count). The van der Waals surface area contributed by atoms with Crippen LogP contribution in [0.5, 0.6) is 0 Å². The minimum Gasteiger partial charge on any atom is -0.481 e. The van der Waals surface area contributed by atoms with E-state index in [0.29, 0.717) is 6.42 Å². The van der Waals surface area contributed by atoms with Crippen LogP contribution in [-0.4, -0.2) is 47.8 Å². The summed E-state index contributed by atoms with van der Waals surface area (Å²) in [5.74, 6) is -3.21. The van der Waals surface area contributed by atoms with Gasteiger partial charge < -0.3 is 20.3 Å². The highest BCUT2D eigenvalue weighted by Gasteiger charge is 2.27. The molecule has 2 aromatic carbocycles. The van der Waals surface area contributed by atoms with Gasteiger partial charge in [0.2, 0.25) is 5.91 Å². The Morgan fingerprint density at radius 3 is 2.14 bits per heavy atom. The molecule has 0 aromatic heterocycles. The summed E-state index contributed by atoms with van der Waals surface area (Å²) in [5, 5.41) is 20.5. The third kappa shape index (κ3) is 7.04. The number of methoxy groups -OCH3 is 1. The van der Waals surface area contributed by atoms with Gasteiger partial charge in [0.05, 0.1) is 6.42 Å². The van der Waals surface area contributed by atoms with Gasteiger partial charge in [0.1, 0.15) is 0 Å². The van der Waals surface area contributed by atoms with Gasteiger partial charge in [0.15, 0.2) is 6.10 Å². The van der Waals surface area contributed by atoms with Gasteiger partial charge in [-0.25, -0.2) is 4.79 Å². The predicted molar refractivity (Wildman–Crippen MR) is 107 cm³/mol. The van der Waals surface area contributed by atoms with E-state index in [1.54, 1.807) is 0 Å². The van der Waals surface area contributed by atoms with Gasteiger partial charge in [-0.2, -0.15) is 0 Å². The average molecular weight is 399 g/mol. The molecule has 0 radical (unpaired) electrons. The SMILES string of the molecule is CO[C@H](C[C@H](Cc1ccc(-c2ccccc2)cc1)C(=O)NCCC(=O)O)C(=O)O. The fourth-order valence-electron chi connectivity index (χ4n) is 3.02. The van der Waals surface area contributed by atoms with Gasteiger partial charge in [-0.05, 0) is 29.5 Å². The van der Waals surface area contributed by atoms with Crippen molar-refractivity contribution in [2.24, 2.45) is 5.92 Å². The molecule has 7 nitrogen and oxygen atoms in total. The van der Waals surface area contributed by atoms with Gasteiger partial charge in [0.25, 0.3) is 0 Å². The topological polar surface area (TPSA) is 113 Å². The largest absolute Gasteiger partial charge is 0.481 e. The highest BCUT2D eigenvalue weighted by molar-refractivity contribution is 5.81. The van der Waals surface area contributed by atoms with Gasteiger partial charge in [-0.15, -0.1) is 0 Å². The van der Waals surface area contributed by atoms with Crippen molar-refractivity contribution in [1.29, 1.82) is 0 Å². The van der Waals surface area contributed by atoms with E-state index < -0.39 is 24.0 Å². The van der Waals surface area contributed by atoms with E-state index in [-0.39, 0.29) is 25.3 Å². The number of amides is 1. The van der Waals surface area contributed by atoms with E-state index in [0.717, 1.165) is 16.7 Å². The Labute approximate surface area is 169 Å². The van der Waals surface area contributed by atoms with Crippen molar-refractivity contribution in [3.8, 4) is 11.1 Å². The van der Waals surface area contributed by atoms with Crippen LogP contribution in [0.4, 0.5) is 0 Å². The standard InChI is InChI=1S/C22H25NO6/c1-29-19(22(27)28)14-18(21(26)23-12-11-20(24)25)13-15-7-9-17(10-8-15)16-5-3-2-4-6-16/h2-10,18-19H,11-14H2,1H3,(H,23,26)(H,24,25)(H,27,28)/t18-,19+/m0/s1. The molecule has 0 aliphatic carbocycles. The number of hydrogen-bond donors (Lipinski definition) is 3. The number of carbonyl (C=O) groups is 3. The number of hydrogen-bond acceptors (Lipinski definition) is 4. The van der Waals surface area contributed by atoms with Gasteiger partial charge >= 0.3 is 11.9 Å². The van der Waals surface area contributed by atoms with Gasteiger partial charge in [0, 0.05) is 19.6 Å². The summed E-state index contributed by atoms with van der Waals surface area (Å²) in [5.41, 5.74) is 2.99. The maximum Gasteiger partial charge on any atom is 0.332 e. The molecule has 154 valence electrons. The molecule has 3 N–H and O–H groups in total. The Morgan fingerprint density at radius 2 is 1.59 bits per heavy atom. The number of nitrogens with one attached hydrogen (secondary N) is 1. The van der Waals surface area contributed by atoms with E-state index in [9.17, 15) is 19.5 Å². The molecule has 0 bridgehead atoms. The number of ether oxygens (including phenoxy) is 1. The van der Waals surface area contributed by atoms with Crippen molar-refractivity contribution >= 4 is 17.8 Å². The summed E-state index contributed by atoms with van der Waals surface area (Å²) in [4.78, 5) is 34.5. The summed E-state index contributed by atoms with van der Waals surface area (Å²) >= 11 is 0. The molecule has 29 heavy (non-hydrogen) atoms. The van der Waals surface area contributed by atoms with Crippen LogP contribution in [0.1, 0.15) is 18.4 Å². The minimum absolute atomic E-state index is 0.00876. The van der Waals surface area contributed by atoms with E-state index in [4.69, 9.17) is 9.84 Å². The number of carboxylic acid groups (broad SMARTS) is 2. The molecule has 0 fully saturated rings. The Kier molecular flexibility index (Phi) is 8.36. The zero-order chi connectivity index (χ0) is 21.2. The molecule has 2 atom stereocenters. The highest BCUT2D eigenvalue weighted by Crippen LogP contribution is 2.22. The van der Waals surface area contributed by atoms with E-state index in [2.05, 4.69) is 5.32 Å². The fraction of sp³-hybridized carbons (Fsp3) is 0.318. The maximum atomic E-state index is 12.5. The van der Waals surface area contributed by atoms with Crippen LogP contribution < -0.4 is 5.32 Å². The molecule has 0 spiro atoms. The molecule has 0 heterocycles. The molecular weight excluding hydrogens is 374 g/mol. The molecule has 0 aliphatic heterocycles. The lowest BCUT2D eigenvalue weighted by atomic mass is 9.91. The van der Waals surface area contributed by atoms with Crippen LogP contribution in [0.2, 0.25) is 0 Å². The maximum absolute atomic E-state index is 12.5. The molecule has 0 aliphatic rings. The lowest BCUT2D eigenvalue weighted by molar-refractivity contribution is -0.150. The minimum atomic E-state index is -1.14. The Morgan fingerprint density at radius 1 is 0.966 bits per heavy atom. The first-order valence-corrected chi connectivity index (χ1v) is 9.30. The Balaban J connectivity index is 2.11. The summed E-state index contributed by atoms with van der Waals surface area (Å²) < 4.78 is 4.98. The normalized spacial score (nSPS) is 12.7. The molecule has 0 unspecified atom stereocenters. The molecule has 2 aromatic rings. The van der Waals surface area contributed by atoms with Crippen LogP contribution in [0.3, 0.4) is 0 Å². The van der Waals surface area contributed by atoms with Crippen LogP contribution in [0.15, 0.2) is 54.6 Å². The predicted octanol–water partition coefficient (Wildman–Crippen LogP) is 2.59. The van der Waals surface area contributed by atoms with Crippen molar-refractivity contribution in [2.75, 3.05) is 13.7 Å². The smallest absolute Gasteiger partial charge is 0.332 e. The molecule has 1 amide bonds. The highest BCUT2D eigenvalue weighted by atomic mass is 16.5. The zero-order valence-corrected chi connectivity index (χ0v) is 16.2. The van der Waals surface area contributed by atoms with Crippen molar-refractivity contribution < 1.29 is 29.3 Å². The third-order valence-electron chi connectivity index (χ3n) is 4.61. The summed E-state index contributed by atoms with van der Waals surface area (Å²) in [6, 6.07) is 17.6. The second-order valence-electron chi connectivity index (χ2n) is 6.70. The van der Waals surface area contributed by atoms with Crippen LogP contribution >= 0.6 is 0 Å². The Hall–Kier alpha value is -3.19. The second-order valence-corrected chi connectivity index (χ2v) is 6.70. The average Bonchev–Trinajstić information content (AvgIpc) is 2.71. The molecule has 0 saturated carbocycles. The third-order valence-corrected chi connectivity index (χ3v) is 4.61. The van der Waals surface area contributed by atoms with Crippen molar-refractivity contribution in [3.63, 3.8) is 0 Å². The van der Waals surface area contributed by atoms with Crippen molar-refractivity contribution in [1.82, 2.24) is 5.32 Å². The zero-order valence-electron chi connectivity index (χ0n) is 16.2. The lowest BCUT2D eigenvalue weighted by Crippen LogP contribution is -2.37. The number of aliphatic carboxylic acids is 2. The van der Waals surface area contributed by atoms with Crippen LogP contribution in [0.25, 0.3) is 11.1 Å². The fourth-order valence-corrected chi connectivity index (χ4v) is 3.02. The van der Waals surface area contributed by atoms with Crippen LogP contribution in [0, 0.1) is 5.92 Å². The summed E-state index contributed by atoms with van der Waals surface area (Å²) in [6.07, 6.45) is -1.00. The van der Waals surface area contributed by atoms with Crippen LogP contribution in [-0.2, 0) is 25.5 Å². The van der Waals surface area contributed by atoms with Gasteiger partial charge in [-0.3, -0.25) is 9.59 Å². The summed E-state index contributed by atoms with van der Waals surface area (Å²) in [7, 11) is 1.28. The summed E-state index contributed by atoms with van der Waals surface area (Å²) in [6.45, 7) is -0.0116. The van der Waals surface area contributed by atoms with E-state index in [1.807, 2.05) is 54.6 Å². The van der Waals surface area contributed by atoms with Crippen molar-refractivity contribution in [3.05, 3.63) is 60.2 Å². The lowest BCUT2D eigenvalue weighted by Gasteiger charge is -2.20. The molecular formula is C22H25NO6. The number of rotatable bonds is 11. The van der Waals surface area contributed by atoms with E-state index in [1.165, 1.54) is 7.11 Å². The molecule has 0 saturated heterocycles. The Bertz CT molecular complexity index is 819. The first-order valence-electron chi connectivity index (χ1n) is 9.30. The molecule has 7 heteroatoms. The number of carbonyl (C=O) groups excluding carboxylic acids is 1. The number of benzene rings is 2. The number of carboxylic acids is 2. The van der Waals surface area contributed by atoms with Crippen molar-refractivity contribution in [2.45, 2.75) is 25.4 Å². The van der Waals surface area contributed by atoms with E-state index >= 15 is 0 Å². The first kappa shape index (κ1) is 22.1. The monoisotopic (exact) mass is 399 g/mol. The first-order chi connectivity index (χ1) is 13.9. The van der Waals surface area contributed by atoms with Gasteiger partial charge in [-0.1, -0.05) is 54.6 Å². The quantitative estimate of drug-likeness (QED) is 0.535.